The van der Waals surface area contributed by atoms with Crippen LogP contribution in [0.5, 0.6) is 5.88 Å². The molecule has 4 rings (SSSR count). The van der Waals surface area contributed by atoms with Crippen LogP contribution in [-0.4, -0.2) is 49.0 Å². The summed E-state index contributed by atoms with van der Waals surface area (Å²) in [6.07, 6.45) is 3.49. The van der Waals surface area contributed by atoms with Crippen molar-refractivity contribution < 1.29 is 30.7 Å². The summed E-state index contributed by atoms with van der Waals surface area (Å²) in [5, 5.41) is 10.3. The predicted molar refractivity (Wildman–Crippen MR) is 113 cm³/mol. The third-order valence-electron chi connectivity index (χ3n) is 5.57. The van der Waals surface area contributed by atoms with E-state index in [1.165, 1.54) is 24.3 Å². The van der Waals surface area contributed by atoms with Crippen molar-refractivity contribution in [2.45, 2.75) is 42.9 Å². The summed E-state index contributed by atoms with van der Waals surface area (Å²) in [5.41, 5.74) is 1.10. The Labute approximate surface area is 192 Å². The minimum Gasteiger partial charge on any atom is -0.417 e. The smallest absolute Gasteiger partial charge is 0.388 e. The Balaban J connectivity index is 1.81. The second kappa shape index (κ2) is 9.55. The van der Waals surface area contributed by atoms with E-state index in [4.69, 9.17) is 0 Å². The number of aromatic nitrogens is 3. The van der Waals surface area contributed by atoms with Crippen molar-refractivity contribution in [2.75, 3.05) is 13.3 Å². The van der Waals surface area contributed by atoms with Gasteiger partial charge in [-0.15, -0.1) is 0 Å². The lowest BCUT2D eigenvalue weighted by atomic mass is 9.92. The molecular weight excluding hydrogens is 478 g/mol. The number of sulfonamides is 1. The summed E-state index contributed by atoms with van der Waals surface area (Å²) in [6, 6.07) is 5.82. The first-order chi connectivity index (χ1) is 16.3. The highest BCUT2D eigenvalue weighted by Crippen LogP contribution is 2.42. The van der Waals surface area contributed by atoms with Gasteiger partial charge < -0.3 is 9.30 Å². The van der Waals surface area contributed by atoms with Crippen LogP contribution in [0.25, 0.3) is 22.4 Å². The fourth-order valence-corrected chi connectivity index (χ4v) is 4.90. The Bertz CT molecular complexity index is 1330. The van der Waals surface area contributed by atoms with Crippen molar-refractivity contribution >= 4 is 21.1 Å². The molecule has 13 heteroatoms. The fraction of sp³-hybridized carbons (Fsp3) is 0.381. The standard InChI is InChI=1S/C21H19F4N5O3S/c22-8-12(9-23)29-34(31,32)14-4-6-17(27-11-14)19-16(10-26)15-5-7-18(33-21(24)25)28-20(15)30(19)13-2-1-3-13/h4-7,11-13,21,29H,1-3,8-9H2. The number of pyridine rings is 2. The van der Waals surface area contributed by atoms with E-state index in [1.54, 1.807) is 4.57 Å². The number of halogens is 4. The van der Waals surface area contributed by atoms with E-state index in [0.717, 1.165) is 25.5 Å². The molecule has 3 heterocycles. The van der Waals surface area contributed by atoms with E-state index in [2.05, 4.69) is 20.8 Å². The molecule has 1 saturated carbocycles. The molecule has 0 unspecified atom stereocenters. The number of nitrogens with one attached hydrogen (secondary N) is 1. The average Bonchev–Trinajstić information content (AvgIpc) is 3.09. The van der Waals surface area contributed by atoms with Crippen LogP contribution in [0.4, 0.5) is 17.6 Å². The van der Waals surface area contributed by atoms with Gasteiger partial charge in [0.25, 0.3) is 0 Å². The first-order valence-corrected chi connectivity index (χ1v) is 11.8. The van der Waals surface area contributed by atoms with Gasteiger partial charge in [-0.1, -0.05) is 0 Å². The molecular formula is C21H19F4N5O3S. The summed E-state index contributed by atoms with van der Waals surface area (Å²) in [7, 11) is -4.22. The molecule has 3 aromatic rings. The van der Waals surface area contributed by atoms with E-state index in [1.807, 2.05) is 4.72 Å². The van der Waals surface area contributed by atoms with Crippen LogP contribution in [0.2, 0.25) is 0 Å². The number of rotatable bonds is 9. The molecule has 1 aliphatic carbocycles. The third-order valence-corrected chi connectivity index (χ3v) is 7.08. The molecule has 0 saturated heterocycles. The van der Waals surface area contributed by atoms with Gasteiger partial charge in [0, 0.05) is 23.7 Å². The number of ether oxygens (including phenoxy) is 1. The lowest BCUT2D eigenvalue weighted by Crippen LogP contribution is -2.37. The van der Waals surface area contributed by atoms with Crippen LogP contribution in [0, 0.1) is 11.3 Å². The molecule has 0 radical (unpaired) electrons. The van der Waals surface area contributed by atoms with Crippen molar-refractivity contribution in [3.8, 4) is 23.3 Å². The number of nitriles is 1. The van der Waals surface area contributed by atoms with Crippen molar-refractivity contribution in [1.82, 2.24) is 19.3 Å². The topological polar surface area (TPSA) is 110 Å². The highest BCUT2D eigenvalue weighted by Gasteiger charge is 2.30. The zero-order valence-corrected chi connectivity index (χ0v) is 18.4. The number of nitrogens with zero attached hydrogens (tertiary/aromatic N) is 4. The molecule has 1 N–H and O–H groups in total. The van der Waals surface area contributed by atoms with Crippen molar-refractivity contribution in [1.29, 1.82) is 5.26 Å². The second-order valence-corrected chi connectivity index (χ2v) is 9.41. The Morgan fingerprint density at radius 2 is 1.94 bits per heavy atom. The fourth-order valence-electron chi connectivity index (χ4n) is 3.76. The average molecular weight is 497 g/mol. The van der Waals surface area contributed by atoms with Gasteiger partial charge in [0.1, 0.15) is 30.0 Å². The monoisotopic (exact) mass is 497 g/mol. The quantitative estimate of drug-likeness (QED) is 0.450. The molecule has 3 aromatic heterocycles. The van der Waals surface area contributed by atoms with Crippen LogP contribution in [0.1, 0.15) is 30.9 Å². The van der Waals surface area contributed by atoms with E-state index >= 15 is 0 Å². The van der Waals surface area contributed by atoms with E-state index < -0.39 is 36.0 Å². The molecule has 0 aromatic carbocycles. The lowest BCUT2D eigenvalue weighted by molar-refractivity contribution is -0.0526. The van der Waals surface area contributed by atoms with E-state index in [9.17, 15) is 31.2 Å². The summed E-state index contributed by atoms with van der Waals surface area (Å²) >= 11 is 0. The van der Waals surface area contributed by atoms with Gasteiger partial charge in [-0.2, -0.15) is 19.0 Å². The van der Waals surface area contributed by atoms with Gasteiger partial charge >= 0.3 is 6.61 Å². The normalized spacial score (nSPS) is 14.5. The minimum absolute atomic E-state index is 0.0596. The molecule has 1 aliphatic rings. The molecule has 0 aliphatic heterocycles. The van der Waals surface area contributed by atoms with Crippen LogP contribution >= 0.6 is 0 Å². The molecule has 34 heavy (non-hydrogen) atoms. The van der Waals surface area contributed by atoms with Crippen LogP contribution in [0.15, 0.2) is 35.4 Å². The number of hydrogen-bond acceptors (Lipinski definition) is 6. The van der Waals surface area contributed by atoms with Gasteiger partial charge in [0.2, 0.25) is 15.9 Å². The summed E-state index contributed by atoms with van der Waals surface area (Å²) in [6.45, 7) is -5.48. The Morgan fingerprint density at radius 1 is 1.21 bits per heavy atom. The zero-order chi connectivity index (χ0) is 24.5. The third kappa shape index (κ3) is 4.43. The van der Waals surface area contributed by atoms with E-state index in [0.29, 0.717) is 11.1 Å². The van der Waals surface area contributed by atoms with Gasteiger partial charge in [0.05, 0.1) is 23.0 Å². The number of hydrogen-bond donors (Lipinski definition) is 1. The first-order valence-electron chi connectivity index (χ1n) is 10.3. The zero-order valence-electron chi connectivity index (χ0n) is 17.6. The summed E-state index contributed by atoms with van der Waals surface area (Å²) < 4.78 is 83.8. The van der Waals surface area contributed by atoms with Crippen molar-refractivity contribution in [3.63, 3.8) is 0 Å². The predicted octanol–water partition coefficient (Wildman–Crippen LogP) is 3.88. The van der Waals surface area contributed by atoms with Crippen molar-refractivity contribution in [3.05, 3.63) is 36.0 Å². The SMILES string of the molecule is N#Cc1c(-c2ccc(S(=O)(=O)NC(CF)CF)cn2)n(C2CCC2)c2nc(OC(F)F)ccc12. The largest absolute Gasteiger partial charge is 0.417 e. The lowest BCUT2D eigenvalue weighted by Gasteiger charge is -2.29. The minimum atomic E-state index is -4.22. The Morgan fingerprint density at radius 3 is 2.47 bits per heavy atom. The van der Waals surface area contributed by atoms with Gasteiger partial charge in [-0.05, 0) is 37.5 Å². The maximum Gasteiger partial charge on any atom is 0.388 e. The van der Waals surface area contributed by atoms with Gasteiger partial charge in [0.15, 0.2) is 0 Å². The maximum atomic E-state index is 12.8. The number of alkyl halides is 4. The molecule has 180 valence electrons. The number of fused-ring (bicyclic) bond motifs is 1. The molecule has 0 spiro atoms. The summed E-state index contributed by atoms with van der Waals surface area (Å²) in [4.78, 5) is 8.07. The molecule has 0 amide bonds. The Kier molecular flexibility index (Phi) is 6.72. The van der Waals surface area contributed by atoms with Crippen LogP contribution in [-0.2, 0) is 10.0 Å². The van der Waals surface area contributed by atoms with E-state index in [-0.39, 0.29) is 33.7 Å². The highest BCUT2D eigenvalue weighted by atomic mass is 32.2. The highest BCUT2D eigenvalue weighted by molar-refractivity contribution is 7.89. The molecule has 0 bridgehead atoms. The second-order valence-electron chi connectivity index (χ2n) is 7.70. The molecule has 0 atom stereocenters. The van der Waals surface area contributed by atoms with Gasteiger partial charge in [-0.3, -0.25) is 4.98 Å². The summed E-state index contributed by atoms with van der Waals surface area (Å²) in [5.74, 6) is -0.299. The Hall–Kier alpha value is -3.24. The maximum absolute atomic E-state index is 12.8. The molecule has 8 nitrogen and oxygen atoms in total. The van der Waals surface area contributed by atoms with Crippen LogP contribution < -0.4 is 9.46 Å². The first kappa shape index (κ1) is 23.9. The van der Waals surface area contributed by atoms with Gasteiger partial charge in [-0.25, -0.2) is 21.9 Å². The van der Waals surface area contributed by atoms with Crippen molar-refractivity contribution in [2.24, 2.45) is 0 Å². The van der Waals surface area contributed by atoms with Crippen LogP contribution in [0.3, 0.4) is 0 Å². The molecule has 1 fully saturated rings.